The van der Waals surface area contributed by atoms with Crippen LogP contribution in [0.4, 0.5) is 14.9 Å². The third-order valence-electron chi connectivity index (χ3n) is 4.71. The van der Waals surface area contributed by atoms with Crippen LogP contribution in [0, 0.1) is 11.7 Å². The number of nitrogens with one attached hydrogen (secondary N) is 1. The third kappa shape index (κ3) is 4.36. The number of halogens is 2. The molecule has 0 aromatic heterocycles. The first-order valence-corrected chi connectivity index (χ1v) is 8.73. The molecule has 2 saturated heterocycles. The Labute approximate surface area is 141 Å². The minimum atomic E-state index is -0.466. The Morgan fingerprint density at radius 3 is 2.83 bits per heavy atom. The molecule has 23 heavy (non-hydrogen) atoms. The van der Waals surface area contributed by atoms with Gasteiger partial charge in [-0.05, 0) is 56.5 Å². The van der Waals surface area contributed by atoms with Gasteiger partial charge in [0.2, 0.25) is 0 Å². The van der Waals surface area contributed by atoms with Gasteiger partial charge in [0, 0.05) is 24.7 Å². The number of anilines is 1. The fourth-order valence-electron chi connectivity index (χ4n) is 3.46. The molecule has 126 valence electrons. The number of rotatable bonds is 3. The smallest absolute Gasteiger partial charge is 0.321 e. The van der Waals surface area contributed by atoms with Crippen molar-refractivity contribution in [3.8, 4) is 0 Å². The second-order valence-corrected chi connectivity index (χ2v) is 6.95. The van der Waals surface area contributed by atoms with Crippen LogP contribution in [0.2, 0.25) is 5.02 Å². The van der Waals surface area contributed by atoms with Gasteiger partial charge in [0.1, 0.15) is 5.82 Å². The average Bonchev–Trinajstić information content (AvgIpc) is 3.00. The summed E-state index contributed by atoms with van der Waals surface area (Å²) in [6, 6.07) is 3.93. The van der Waals surface area contributed by atoms with Gasteiger partial charge >= 0.3 is 6.03 Å². The van der Waals surface area contributed by atoms with Crippen LogP contribution in [0.1, 0.15) is 25.7 Å². The van der Waals surface area contributed by atoms with Gasteiger partial charge < -0.3 is 15.1 Å². The van der Waals surface area contributed by atoms with Gasteiger partial charge in [-0.3, -0.25) is 0 Å². The Morgan fingerprint density at radius 2 is 2.04 bits per heavy atom. The summed E-state index contributed by atoms with van der Waals surface area (Å²) >= 11 is 5.85. The van der Waals surface area contributed by atoms with Gasteiger partial charge in [-0.2, -0.15) is 0 Å². The number of hydrogen-bond acceptors (Lipinski definition) is 2. The van der Waals surface area contributed by atoms with Crippen molar-refractivity contribution >= 4 is 23.3 Å². The van der Waals surface area contributed by atoms with Crippen molar-refractivity contribution in [2.24, 2.45) is 5.92 Å². The van der Waals surface area contributed by atoms with Crippen LogP contribution in [0.15, 0.2) is 18.2 Å². The lowest BCUT2D eigenvalue weighted by atomic mass is 10.1. The van der Waals surface area contributed by atoms with Crippen molar-refractivity contribution in [1.29, 1.82) is 0 Å². The molecule has 6 heteroatoms. The van der Waals surface area contributed by atoms with E-state index < -0.39 is 5.82 Å². The van der Waals surface area contributed by atoms with Crippen molar-refractivity contribution in [2.75, 3.05) is 38.0 Å². The van der Waals surface area contributed by atoms with E-state index in [9.17, 15) is 9.18 Å². The van der Waals surface area contributed by atoms with Gasteiger partial charge in [-0.25, -0.2) is 9.18 Å². The molecular formula is C17H23ClFN3O. The molecule has 1 aromatic carbocycles. The normalized spacial score (nSPS) is 22.3. The lowest BCUT2D eigenvalue weighted by molar-refractivity contribution is 0.192. The predicted molar refractivity (Wildman–Crippen MR) is 90.4 cm³/mol. The fraction of sp³-hybridized carbons (Fsp3) is 0.588. The molecule has 4 nitrogen and oxygen atoms in total. The van der Waals surface area contributed by atoms with Crippen LogP contribution in [0.5, 0.6) is 0 Å². The zero-order valence-electron chi connectivity index (χ0n) is 13.2. The van der Waals surface area contributed by atoms with Crippen LogP contribution in [-0.2, 0) is 0 Å². The molecule has 2 aliphatic heterocycles. The van der Waals surface area contributed by atoms with Crippen LogP contribution in [-0.4, -0.2) is 48.6 Å². The predicted octanol–water partition coefficient (Wildman–Crippen LogP) is 3.82. The minimum Gasteiger partial charge on any atom is -0.324 e. The van der Waals surface area contributed by atoms with E-state index in [1.807, 2.05) is 0 Å². The summed E-state index contributed by atoms with van der Waals surface area (Å²) in [5.41, 5.74) is 0.141. The molecule has 3 rings (SSSR count). The zero-order chi connectivity index (χ0) is 16.2. The van der Waals surface area contributed by atoms with E-state index in [4.69, 9.17) is 11.6 Å². The number of nitrogens with zero attached hydrogens (tertiary/aromatic N) is 2. The largest absolute Gasteiger partial charge is 0.324 e. The summed E-state index contributed by atoms with van der Waals surface area (Å²) in [4.78, 5) is 16.6. The Hall–Kier alpha value is -1.33. The van der Waals surface area contributed by atoms with E-state index >= 15 is 0 Å². The summed E-state index contributed by atoms with van der Waals surface area (Å²) in [7, 11) is 0. The Kier molecular flexibility index (Phi) is 5.38. The second-order valence-electron chi connectivity index (χ2n) is 6.52. The first kappa shape index (κ1) is 16.5. The SMILES string of the molecule is O=C(Nc1cc(Cl)ccc1F)N1CCC(CN2CCCCC2)C1. The van der Waals surface area contributed by atoms with Gasteiger partial charge in [0.05, 0.1) is 5.69 Å². The molecule has 2 heterocycles. The van der Waals surface area contributed by atoms with Crippen molar-refractivity contribution in [3.63, 3.8) is 0 Å². The zero-order valence-corrected chi connectivity index (χ0v) is 14.0. The van der Waals surface area contributed by atoms with Gasteiger partial charge in [0.25, 0.3) is 0 Å². The molecule has 1 aromatic rings. The maximum atomic E-state index is 13.7. The molecule has 2 fully saturated rings. The third-order valence-corrected chi connectivity index (χ3v) is 4.94. The molecule has 0 bridgehead atoms. The van der Waals surface area contributed by atoms with E-state index in [0.717, 1.165) is 26.1 Å². The number of urea groups is 1. The molecule has 0 spiro atoms. The quantitative estimate of drug-likeness (QED) is 0.908. The van der Waals surface area contributed by atoms with Crippen molar-refractivity contribution in [1.82, 2.24) is 9.80 Å². The van der Waals surface area contributed by atoms with E-state index in [1.54, 1.807) is 4.90 Å². The number of amides is 2. The standard InChI is InChI=1S/C17H23ClFN3O/c18-14-4-5-15(19)16(10-14)20-17(23)22-9-6-13(12-22)11-21-7-2-1-3-8-21/h4-5,10,13H,1-3,6-9,11-12H2,(H,20,23). The Bertz CT molecular complexity index is 563. The molecule has 0 saturated carbocycles. The van der Waals surface area contributed by atoms with Crippen molar-refractivity contribution in [3.05, 3.63) is 29.0 Å². The number of carbonyl (C=O) groups excluding carboxylic acids is 1. The second kappa shape index (κ2) is 7.49. The molecule has 2 amide bonds. The summed E-state index contributed by atoms with van der Waals surface area (Å²) in [5.74, 6) is 0.0508. The lowest BCUT2D eigenvalue weighted by Gasteiger charge is -2.29. The highest BCUT2D eigenvalue weighted by Crippen LogP contribution is 2.23. The van der Waals surface area contributed by atoms with Crippen molar-refractivity contribution in [2.45, 2.75) is 25.7 Å². The van der Waals surface area contributed by atoms with Crippen molar-refractivity contribution < 1.29 is 9.18 Å². The van der Waals surface area contributed by atoms with Gasteiger partial charge in [0.15, 0.2) is 0 Å². The van der Waals surface area contributed by atoms with Crippen LogP contribution in [0.25, 0.3) is 0 Å². The fourth-order valence-corrected chi connectivity index (χ4v) is 3.63. The summed E-state index contributed by atoms with van der Waals surface area (Å²) in [6.45, 7) is 4.89. The van der Waals surface area contributed by atoms with Gasteiger partial charge in [-0.1, -0.05) is 18.0 Å². The topological polar surface area (TPSA) is 35.6 Å². The van der Waals surface area contributed by atoms with Gasteiger partial charge in [-0.15, -0.1) is 0 Å². The highest BCUT2D eigenvalue weighted by Gasteiger charge is 2.28. The first-order valence-electron chi connectivity index (χ1n) is 8.35. The number of piperidine rings is 1. The molecule has 0 aliphatic carbocycles. The summed E-state index contributed by atoms with van der Waals surface area (Å²) in [5, 5.41) is 3.04. The highest BCUT2D eigenvalue weighted by molar-refractivity contribution is 6.30. The minimum absolute atomic E-state index is 0.141. The van der Waals surface area contributed by atoms with E-state index in [2.05, 4.69) is 10.2 Å². The monoisotopic (exact) mass is 339 g/mol. The number of hydrogen-bond donors (Lipinski definition) is 1. The number of likely N-dealkylation sites (tertiary alicyclic amines) is 2. The molecule has 1 N–H and O–H groups in total. The van der Waals surface area contributed by atoms with E-state index in [0.29, 0.717) is 10.9 Å². The maximum absolute atomic E-state index is 13.7. The summed E-state index contributed by atoms with van der Waals surface area (Å²) in [6.07, 6.45) is 4.92. The summed E-state index contributed by atoms with van der Waals surface area (Å²) < 4.78 is 13.7. The highest BCUT2D eigenvalue weighted by atomic mass is 35.5. The Morgan fingerprint density at radius 1 is 1.26 bits per heavy atom. The Balaban J connectivity index is 1.51. The molecular weight excluding hydrogens is 317 g/mol. The van der Waals surface area contributed by atoms with E-state index in [1.165, 1.54) is 50.6 Å². The average molecular weight is 340 g/mol. The number of benzene rings is 1. The first-order chi connectivity index (χ1) is 11.1. The number of carbonyl (C=O) groups is 1. The van der Waals surface area contributed by atoms with Crippen LogP contribution < -0.4 is 5.32 Å². The molecule has 0 radical (unpaired) electrons. The molecule has 1 unspecified atom stereocenters. The molecule has 2 aliphatic rings. The van der Waals surface area contributed by atoms with E-state index in [-0.39, 0.29) is 11.7 Å². The lowest BCUT2D eigenvalue weighted by Crippen LogP contribution is -2.37. The van der Waals surface area contributed by atoms with Crippen LogP contribution in [0.3, 0.4) is 0 Å². The van der Waals surface area contributed by atoms with Crippen LogP contribution >= 0.6 is 11.6 Å². The maximum Gasteiger partial charge on any atom is 0.321 e. The molecule has 1 atom stereocenters.